The van der Waals surface area contributed by atoms with Gasteiger partial charge in [0, 0.05) is 10.9 Å². The monoisotopic (exact) mass is 382 g/mol. The zero-order valence-corrected chi connectivity index (χ0v) is 16.4. The van der Waals surface area contributed by atoms with Gasteiger partial charge in [0.15, 0.2) is 0 Å². The Morgan fingerprint density at radius 2 is 1.69 bits per heavy atom. The number of pyridine rings is 1. The molecule has 0 aliphatic carbocycles. The molecule has 1 N–H and O–H groups in total. The second-order valence-corrected chi connectivity index (χ2v) is 6.91. The summed E-state index contributed by atoms with van der Waals surface area (Å²) >= 11 is 0. The molecular weight excluding hydrogens is 360 g/mol. The third kappa shape index (κ3) is 3.97. The highest BCUT2D eigenvalue weighted by molar-refractivity contribution is 6.07. The van der Waals surface area contributed by atoms with Gasteiger partial charge in [0.05, 0.1) is 29.9 Å². The Bertz CT molecular complexity index is 1160. The summed E-state index contributed by atoms with van der Waals surface area (Å²) in [6.45, 7) is 1.97. The predicted octanol–water partition coefficient (Wildman–Crippen LogP) is 5.40. The lowest BCUT2D eigenvalue weighted by atomic mass is 10.0. The number of carbonyl (C=O) groups is 1. The summed E-state index contributed by atoms with van der Waals surface area (Å²) in [5.74, 6) is 0.639. The Morgan fingerprint density at radius 3 is 2.48 bits per heavy atom. The van der Waals surface area contributed by atoms with Gasteiger partial charge in [0.2, 0.25) is 0 Å². The number of benzene rings is 3. The fraction of sp³-hybridized carbons (Fsp3) is 0.120. The van der Waals surface area contributed by atoms with E-state index in [1.54, 1.807) is 7.11 Å². The van der Waals surface area contributed by atoms with Crippen molar-refractivity contribution in [3.05, 3.63) is 96.1 Å². The van der Waals surface area contributed by atoms with E-state index in [0.29, 0.717) is 5.56 Å². The smallest absolute Gasteiger partial charge is 0.252 e. The van der Waals surface area contributed by atoms with Crippen molar-refractivity contribution in [2.24, 2.45) is 0 Å². The van der Waals surface area contributed by atoms with E-state index in [0.717, 1.165) is 33.5 Å². The molecule has 1 heterocycles. The average Bonchev–Trinajstić information content (AvgIpc) is 2.78. The van der Waals surface area contributed by atoms with Gasteiger partial charge in [-0.05, 0) is 36.8 Å². The summed E-state index contributed by atoms with van der Waals surface area (Å²) in [6, 6.07) is 27.1. The lowest BCUT2D eigenvalue weighted by Crippen LogP contribution is -2.27. The maximum absolute atomic E-state index is 13.2. The van der Waals surface area contributed by atoms with Crippen molar-refractivity contribution in [2.45, 2.75) is 13.0 Å². The first-order chi connectivity index (χ1) is 14.2. The van der Waals surface area contributed by atoms with E-state index >= 15 is 0 Å². The maximum Gasteiger partial charge on any atom is 0.252 e. The second-order valence-electron chi connectivity index (χ2n) is 6.91. The zero-order chi connectivity index (χ0) is 20.2. The van der Waals surface area contributed by atoms with E-state index in [1.807, 2.05) is 91.9 Å². The molecule has 3 aromatic carbocycles. The molecule has 4 heteroatoms. The van der Waals surface area contributed by atoms with Crippen LogP contribution in [0.15, 0.2) is 84.9 Å². The molecule has 29 heavy (non-hydrogen) atoms. The Hall–Kier alpha value is -3.66. The molecule has 0 unspecified atom stereocenters. The molecule has 1 amide bonds. The first kappa shape index (κ1) is 18.7. The number of nitrogens with zero attached hydrogens (tertiary/aromatic N) is 1. The Labute approximate surface area is 170 Å². The molecule has 0 radical (unpaired) electrons. The van der Waals surface area contributed by atoms with Crippen LogP contribution in [0, 0.1) is 0 Å². The van der Waals surface area contributed by atoms with Crippen LogP contribution >= 0.6 is 0 Å². The molecule has 0 aliphatic heterocycles. The zero-order valence-electron chi connectivity index (χ0n) is 16.4. The van der Waals surface area contributed by atoms with Crippen molar-refractivity contribution in [2.75, 3.05) is 7.11 Å². The van der Waals surface area contributed by atoms with Gasteiger partial charge in [-0.25, -0.2) is 4.98 Å². The molecule has 0 spiro atoms. The van der Waals surface area contributed by atoms with Gasteiger partial charge in [-0.15, -0.1) is 0 Å². The van der Waals surface area contributed by atoms with Crippen LogP contribution in [0.2, 0.25) is 0 Å². The number of ether oxygens (including phenoxy) is 1. The van der Waals surface area contributed by atoms with E-state index in [-0.39, 0.29) is 11.9 Å². The van der Waals surface area contributed by atoms with E-state index in [2.05, 4.69) is 5.32 Å². The van der Waals surface area contributed by atoms with Crippen molar-refractivity contribution in [1.29, 1.82) is 0 Å². The van der Waals surface area contributed by atoms with E-state index in [4.69, 9.17) is 9.72 Å². The largest absolute Gasteiger partial charge is 0.497 e. The third-order valence-electron chi connectivity index (χ3n) is 4.97. The number of hydrogen-bond donors (Lipinski definition) is 1. The Kier molecular flexibility index (Phi) is 5.25. The number of carbonyl (C=O) groups excluding carboxylic acids is 1. The number of amides is 1. The van der Waals surface area contributed by atoms with Crippen molar-refractivity contribution in [3.8, 4) is 17.0 Å². The van der Waals surface area contributed by atoms with Crippen LogP contribution in [0.1, 0.15) is 28.9 Å². The van der Waals surface area contributed by atoms with E-state index < -0.39 is 0 Å². The van der Waals surface area contributed by atoms with Gasteiger partial charge in [0.25, 0.3) is 5.91 Å². The van der Waals surface area contributed by atoms with Crippen LogP contribution in [0.25, 0.3) is 22.2 Å². The SMILES string of the molecule is COc1cccc([C@H](C)NC(=O)c2cc(-c3ccccc3)nc3ccccc23)c1. The summed E-state index contributed by atoms with van der Waals surface area (Å²) in [5, 5.41) is 3.95. The first-order valence-electron chi connectivity index (χ1n) is 9.56. The van der Waals surface area contributed by atoms with Crippen LogP contribution in [-0.2, 0) is 0 Å². The minimum atomic E-state index is -0.162. The molecule has 4 nitrogen and oxygen atoms in total. The highest BCUT2D eigenvalue weighted by Crippen LogP contribution is 2.26. The van der Waals surface area contributed by atoms with Crippen LogP contribution in [-0.4, -0.2) is 18.0 Å². The molecule has 4 rings (SSSR count). The molecule has 0 saturated carbocycles. The predicted molar refractivity (Wildman–Crippen MR) is 116 cm³/mol. The summed E-state index contributed by atoms with van der Waals surface area (Å²) in [7, 11) is 1.64. The normalized spacial score (nSPS) is 11.8. The first-order valence-corrected chi connectivity index (χ1v) is 9.56. The second kappa shape index (κ2) is 8.15. The summed E-state index contributed by atoms with van der Waals surface area (Å²) in [6.07, 6.45) is 0. The van der Waals surface area contributed by atoms with Gasteiger partial charge in [-0.1, -0.05) is 60.7 Å². The Morgan fingerprint density at radius 1 is 0.931 bits per heavy atom. The molecule has 1 atom stereocenters. The fourth-order valence-corrected chi connectivity index (χ4v) is 3.39. The quantitative estimate of drug-likeness (QED) is 0.503. The van der Waals surface area contributed by atoms with E-state index in [9.17, 15) is 4.79 Å². The topological polar surface area (TPSA) is 51.2 Å². The minimum Gasteiger partial charge on any atom is -0.497 e. The third-order valence-corrected chi connectivity index (χ3v) is 4.97. The van der Waals surface area contributed by atoms with Gasteiger partial charge < -0.3 is 10.1 Å². The van der Waals surface area contributed by atoms with Gasteiger partial charge >= 0.3 is 0 Å². The maximum atomic E-state index is 13.2. The van der Waals surface area contributed by atoms with Crippen molar-refractivity contribution in [3.63, 3.8) is 0 Å². The van der Waals surface area contributed by atoms with Crippen LogP contribution in [0.4, 0.5) is 0 Å². The number of hydrogen-bond acceptors (Lipinski definition) is 3. The fourth-order valence-electron chi connectivity index (χ4n) is 3.39. The molecule has 0 aliphatic rings. The average molecular weight is 382 g/mol. The minimum absolute atomic E-state index is 0.129. The summed E-state index contributed by atoms with van der Waals surface area (Å²) in [4.78, 5) is 18.0. The van der Waals surface area contributed by atoms with Crippen LogP contribution in [0.3, 0.4) is 0 Å². The standard InChI is InChI=1S/C25H22N2O2/c1-17(19-11-8-12-20(15-19)29-2)26-25(28)22-16-24(18-9-4-3-5-10-18)27-23-14-7-6-13-21(22)23/h3-17H,1-2H3,(H,26,28)/t17-/m0/s1. The van der Waals surface area contributed by atoms with E-state index in [1.165, 1.54) is 0 Å². The number of methoxy groups -OCH3 is 1. The lowest BCUT2D eigenvalue weighted by molar-refractivity contribution is 0.0941. The summed E-state index contributed by atoms with van der Waals surface area (Å²) < 4.78 is 5.30. The van der Waals surface area contributed by atoms with Gasteiger partial charge in [-0.3, -0.25) is 4.79 Å². The molecule has 0 fully saturated rings. The van der Waals surface area contributed by atoms with Crippen molar-refractivity contribution in [1.82, 2.24) is 10.3 Å². The number of aromatic nitrogens is 1. The molecule has 1 aromatic heterocycles. The molecular formula is C25H22N2O2. The van der Waals surface area contributed by atoms with Crippen molar-refractivity contribution < 1.29 is 9.53 Å². The number of nitrogens with one attached hydrogen (secondary N) is 1. The molecule has 0 bridgehead atoms. The number of rotatable bonds is 5. The van der Waals surface area contributed by atoms with Gasteiger partial charge in [0.1, 0.15) is 5.75 Å². The van der Waals surface area contributed by atoms with Crippen LogP contribution in [0.5, 0.6) is 5.75 Å². The molecule has 4 aromatic rings. The summed E-state index contributed by atoms with van der Waals surface area (Å²) in [5.41, 5.74) is 4.16. The molecule has 144 valence electrons. The molecule has 0 saturated heterocycles. The van der Waals surface area contributed by atoms with Gasteiger partial charge in [-0.2, -0.15) is 0 Å². The lowest BCUT2D eigenvalue weighted by Gasteiger charge is -2.17. The highest BCUT2D eigenvalue weighted by Gasteiger charge is 2.17. The number of para-hydroxylation sites is 1. The van der Waals surface area contributed by atoms with Crippen LogP contribution < -0.4 is 10.1 Å². The number of fused-ring (bicyclic) bond motifs is 1. The Balaban J connectivity index is 1.71. The van der Waals surface area contributed by atoms with Crippen molar-refractivity contribution >= 4 is 16.8 Å². The highest BCUT2D eigenvalue weighted by atomic mass is 16.5.